The number of hydrogen-bond donors (Lipinski definition) is 0. The molecule has 21 heavy (non-hydrogen) atoms. The highest BCUT2D eigenvalue weighted by Gasteiger charge is 2.25. The van der Waals surface area contributed by atoms with Gasteiger partial charge >= 0.3 is 0 Å². The van der Waals surface area contributed by atoms with Crippen molar-refractivity contribution in [2.24, 2.45) is 0 Å². The fourth-order valence-corrected chi connectivity index (χ4v) is 3.46. The van der Waals surface area contributed by atoms with E-state index in [0.717, 1.165) is 35.6 Å². The molecule has 4 nitrogen and oxygen atoms in total. The third-order valence-electron chi connectivity index (χ3n) is 3.88. The van der Waals surface area contributed by atoms with Crippen molar-refractivity contribution >= 4 is 28.4 Å². The van der Waals surface area contributed by atoms with Crippen LogP contribution in [0.4, 0.5) is 5.82 Å². The quantitative estimate of drug-likeness (QED) is 0.750. The fourth-order valence-electron chi connectivity index (χ4n) is 2.85. The first-order chi connectivity index (χ1) is 10.2. The van der Waals surface area contributed by atoms with E-state index in [-0.39, 0.29) is 0 Å². The van der Waals surface area contributed by atoms with Gasteiger partial charge in [-0.15, -0.1) is 0 Å². The summed E-state index contributed by atoms with van der Waals surface area (Å²) in [4.78, 5) is 13.4. The summed E-state index contributed by atoms with van der Waals surface area (Å²) < 4.78 is 1.12. The highest BCUT2D eigenvalue weighted by atomic mass is 127. The van der Waals surface area contributed by atoms with Crippen LogP contribution in [-0.4, -0.2) is 40.5 Å². The standard InChI is InChI=1S/C16H19IN4/c1-13-10-20(11-14-5-3-2-4-6-14)7-8-21(13)16-15(17)9-18-12-19-16/h2-6,9,12-13H,7-8,10-11H2,1H3. The molecule has 0 aliphatic carbocycles. The molecule has 0 amide bonds. The van der Waals surface area contributed by atoms with Crippen molar-refractivity contribution in [3.63, 3.8) is 0 Å². The number of anilines is 1. The Kier molecular flexibility index (Phi) is 4.70. The third-order valence-corrected chi connectivity index (χ3v) is 4.64. The van der Waals surface area contributed by atoms with Crippen molar-refractivity contribution in [3.05, 3.63) is 52.0 Å². The molecule has 1 atom stereocenters. The van der Waals surface area contributed by atoms with Gasteiger partial charge in [-0.3, -0.25) is 4.90 Å². The van der Waals surface area contributed by atoms with Crippen LogP contribution in [0.5, 0.6) is 0 Å². The summed E-state index contributed by atoms with van der Waals surface area (Å²) in [5.41, 5.74) is 1.38. The lowest BCUT2D eigenvalue weighted by molar-refractivity contribution is 0.220. The van der Waals surface area contributed by atoms with E-state index >= 15 is 0 Å². The van der Waals surface area contributed by atoms with Gasteiger partial charge in [0.2, 0.25) is 0 Å². The maximum Gasteiger partial charge on any atom is 0.145 e. The lowest BCUT2D eigenvalue weighted by atomic mass is 10.1. The molecule has 2 heterocycles. The van der Waals surface area contributed by atoms with Crippen LogP contribution < -0.4 is 4.90 Å². The molecule has 1 aliphatic heterocycles. The van der Waals surface area contributed by atoms with Gasteiger partial charge in [0.25, 0.3) is 0 Å². The van der Waals surface area contributed by atoms with Crippen LogP contribution in [0.1, 0.15) is 12.5 Å². The second-order valence-corrected chi connectivity index (χ2v) is 6.62. The smallest absolute Gasteiger partial charge is 0.145 e. The monoisotopic (exact) mass is 394 g/mol. The Balaban J connectivity index is 1.66. The number of piperazine rings is 1. The van der Waals surface area contributed by atoms with E-state index in [1.165, 1.54) is 5.56 Å². The molecule has 0 spiro atoms. The predicted octanol–water partition coefficient (Wildman–Crippen LogP) is 2.79. The molecule has 110 valence electrons. The SMILES string of the molecule is CC1CN(Cc2ccccc2)CCN1c1ncncc1I. The van der Waals surface area contributed by atoms with E-state index in [2.05, 4.69) is 79.6 Å². The van der Waals surface area contributed by atoms with E-state index in [1.54, 1.807) is 6.33 Å². The van der Waals surface area contributed by atoms with Crippen LogP contribution in [0.25, 0.3) is 0 Å². The van der Waals surface area contributed by atoms with Gasteiger partial charge in [-0.25, -0.2) is 9.97 Å². The maximum atomic E-state index is 4.45. The Morgan fingerprint density at radius 3 is 2.76 bits per heavy atom. The largest absolute Gasteiger partial charge is 0.350 e. The Morgan fingerprint density at radius 1 is 1.24 bits per heavy atom. The minimum atomic E-state index is 0.464. The Morgan fingerprint density at radius 2 is 2.05 bits per heavy atom. The van der Waals surface area contributed by atoms with Crippen LogP contribution >= 0.6 is 22.6 Å². The van der Waals surface area contributed by atoms with Crippen molar-refractivity contribution in [2.75, 3.05) is 24.5 Å². The van der Waals surface area contributed by atoms with Crippen LogP contribution in [-0.2, 0) is 6.54 Å². The van der Waals surface area contributed by atoms with Crippen molar-refractivity contribution in [2.45, 2.75) is 19.5 Å². The summed E-state index contributed by atoms with van der Waals surface area (Å²) in [6.07, 6.45) is 3.52. The van der Waals surface area contributed by atoms with Gasteiger partial charge in [0, 0.05) is 38.4 Å². The van der Waals surface area contributed by atoms with Crippen molar-refractivity contribution in [1.82, 2.24) is 14.9 Å². The number of aromatic nitrogens is 2. The highest BCUT2D eigenvalue weighted by molar-refractivity contribution is 14.1. The van der Waals surface area contributed by atoms with E-state index < -0.39 is 0 Å². The van der Waals surface area contributed by atoms with Gasteiger partial charge in [0.05, 0.1) is 3.57 Å². The molecule has 1 aromatic heterocycles. The summed E-state index contributed by atoms with van der Waals surface area (Å²) in [6.45, 7) is 6.45. The molecule has 1 aliphatic rings. The Hall–Kier alpha value is -1.21. The van der Waals surface area contributed by atoms with E-state index in [1.807, 2.05) is 6.20 Å². The second kappa shape index (κ2) is 6.70. The number of nitrogens with zero attached hydrogens (tertiary/aromatic N) is 4. The van der Waals surface area contributed by atoms with Gasteiger partial charge in [-0.2, -0.15) is 0 Å². The van der Waals surface area contributed by atoms with Crippen LogP contribution in [0.3, 0.4) is 0 Å². The Labute approximate surface area is 139 Å². The molecular formula is C16H19IN4. The fraction of sp³-hybridized carbons (Fsp3) is 0.375. The van der Waals surface area contributed by atoms with Crippen LogP contribution in [0, 0.1) is 3.57 Å². The summed E-state index contributed by atoms with van der Waals surface area (Å²) in [6, 6.07) is 11.2. The van der Waals surface area contributed by atoms with Gasteiger partial charge < -0.3 is 4.90 Å². The topological polar surface area (TPSA) is 32.3 Å². The zero-order valence-corrected chi connectivity index (χ0v) is 14.3. The molecule has 2 aromatic rings. The number of halogens is 1. The molecule has 5 heteroatoms. The Bertz CT molecular complexity index is 590. The first-order valence-corrected chi connectivity index (χ1v) is 8.30. The molecule has 1 fully saturated rings. The summed E-state index contributed by atoms with van der Waals surface area (Å²) in [5, 5.41) is 0. The number of hydrogen-bond acceptors (Lipinski definition) is 4. The first kappa shape index (κ1) is 14.7. The predicted molar refractivity (Wildman–Crippen MR) is 93.3 cm³/mol. The molecule has 0 radical (unpaired) electrons. The number of rotatable bonds is 3. The van der Waals surface area contributed by atoms with Crippen molar-refractivity contribution in [1.29, 1.82) is 0 Å². The average molecular weight is 394 g/mol. The molecule has 3 rings (SSSR count). The summed E-state index contributed by atoms with van der Waals surface area (Å²) in [5.74, 6) is 1.07. The van der Waals surface area contributed by atoms with Crippen LogP contribution in [0.15, 0.2) is 42.9 Å². The molecule has 1 aromatic carbocycles. The lowest BCUT2D eigenvalue weighted by Crippen LogP contribution is -2.52. The van der Waals surface area contributed by atoms with Gasteiger partial charge in [0.1, 0.15) is 12.1 Å². The minimum absolute atomic E-state index is 0.464. The molecule has 1 unspecified atom stereocenters. The zero-order chi connectivity index (χ0) is 14.7. The van der Waals surface area contributed by atoms with Gasteiger partial charge in [-0.05, 0) is 35.1 Å². The summed E-state index contributed by atoms with van der Waals surface area (Å²) in [7, 11) is 0. The minimum Gasteiger partial charge on any atom is -0.350 e. The third kappa shape index (κ3) is 3.52. The van der Waals surface area contributed by atoms with Crippen LogP contribution in [0.2, 0.25) is 0 Å². The van der Waals surface area contributed by atoms with E-state index in [9.17, 15) is 0 Å². The lowest BCUT2D eigenvalue weighted by Gasteiger charge is -2.40. The first-order valence-electron chi connectivity index (χ1n) is 7.22. The molecule has 1 saturated heterocycles. The van der Waals surface area contributed by atoms with Crippen molar-refractivity contribution < 1.29 is 0 Å². The van der Waals surface area contributed by atoms with E-state index in [4.69, 9.17) is 0 Å². The summed E-state index contributed by atoms with van der Waals surface area (Å²) >= 11 is 2.32. The van der Waals surface area contributed by atoms with E-state index in [0.29, 0.717) is 6.04 Å². The van der Waals surface area contributed by atoms with Gasteiger partial charge in [-0.1, -0.05) is 30.3 Å². The zero-order valence-electron chi connectivity index (χ0n) is 12.1. The number of benzene rings is 1. The molecule has 0 saturated carbocycles. The van der Waals surface area contributed by atoms with Crippen molar-refractivity contribution in [3.8, 4) is 0 Å². The normalized spacial score (nSPS) is 19.7. The highest BCUT2D eigenvalue weighted by Crippen LogP contribution is 2.23. The van der Waals surface area contributed by atoms with Gasteiger partial charge in [0.15, 0.2) is 0 Å². The molecule has 0 N–H and O–H groups in total. The average Bonchev–Trinajstić information content (AvgIpc) is 2.50. The maximum absolute atomic E-state index is 4.45. The molecular weight excluding hydrogens is 375 g/mol. The molecule has 0 bridgehead atoms. The second-order valence-electron chi connectivity index (χ2n) is 5.46.